The van der Waals surface area contributed by atoms with Crippen LogP contribution >= 0.6 is 12.4 Å². The van der Waals surface area contributed by atoms with Crippen LogP contribution in [-0.2, 0) is 14.9 Å². The minimum absolute atomic E-state index is 0. The largest absolute Gasteiger partial charge is 0.384 e. The summed E-state index contributed by atoms with van der Waals surface area (Å²) in [6.07, 6.45) is 1.86. The van der Waals surface area contributed by atoms with Crippen LogP contribution in [0.2, 0.25) is 0 Å². The molecule has 0 amide bonds. The molecule has 0 aromatic carbocycles. The molecule has 1 aliphatic rings. The molecule has 128 valence electrons. The number of nitrogens with zero attached hydrogens (tertiary/aromatic N) is 1. The first kappa shape index (κ1) is 21.1. The molecule has 0 radical (unpaired) electrons. The summed E-state index contributed by atoms with van der Waals surface area (Å²) in [7, 11) is -0.115. The maximum Gasteiger partial charge on any atom is 0.279 e. The quantitative estimate of drug-likeness (QED) is 0.685. The van der Waals surface area contributed by atoms with Crippen LogP contribution < -0.4 is 10.0 Å². The van der Waals surface area contributed by atoms with Crippen molar-refractivity contribution < 1.29 is 13.2 Å². The number of hydrogen-bond acceptors (Lipinski definition) is 4. The van der Waals surface area contributed by atoms with Crippen LogP contribution in [0.3, 0.4) is 0 Å². The molecule has 21 heavy (non-hydrogen) atoms. The minimum Gasteiger partial charge on any atom is -0.384 e. The first-order valence-corrected chi connectivity index (χ1v) is 8.66. The molecule has 0 spiro atoms. The van der Waals surface area contributed by atoms with Crippen LogP contribution in [-0.4, -0.2) is 59.7 Å². The molecule has 6 nitrogen and oxygen atoms in total. The number of piperidine rings is 1. The molecule has 0 atom stereocenters. The summed E-state index contributed by atoms with van der Waals surface area (Å²) in [5.74, 6) is 0.309. The second-order valence-electron chi connectivity index (χ2n) is 6.18. The van der Waals surface area contributed by atoms with E-state index in [0.717, 1.165) is 25.9 Å². The monoisotopic (exact) mass is 343 g/mol. The lowest BCUT2D eigenvalue weighted by molar-refractivity contribution is 0.0574. The molecule has 0 aromatic heterocycles. The van der Waals surface area contributed by atoms with Crippen LogP contribution in [0.15, 0.2) is 0 Å². The van der Waals surface area contributed by atoms with Gasteiger partial charge in [-0.05, 0) is 31.8 Å². The average Bonchev–Trinajstić information content (AvgIpc) is 2.37. The maximum absolute atomic E-state index is 12.2. The third-order valence-electron chi connectivity index (χ3n) is 3.78. The van der Waals surface area contributed by atoms with E-state index in [1.807, 2.05) is 13.8 Å². The first-order chi connectivity index (χ1) is 9.31. The highest BCUT2D eigenvalue weighted by Crippen LogP contribution is 2.28. The molecule has 2 N–H and O–H groups in total. The van der Waals surface area contributed by atoms with Crippen LogP contribution in [0.1, 0.15) is 26.7 Å². The lowest BCUT2D eigenvalue weighted by atomic mass is 9.80. The van der Waals surface area contributed by atoms with E-state index >= 15 is 0 Å². The SMILES string of the molecule is COCC1(CNS(=O)(=O)N(C)CC(C)C)CCNCC1.Cl. The zero-order chi connectivity index (χ0) is 15.2. The van der Waals surface area contributed by atoms with Crippen molar-refractivity contribution >= 4 is 22.6 Å². The second kappa shape index (κ2) is 9.27. The number of ether oxygens (including phenoxy) is 1. The zero-order valence-electron chi connectivity index (χ0n) is 13.5. The zero-order valence-corrected chi connectivity index (χ0v) is 15.1. The van der Waals surface area contributed by atoms with Gasteiger partial charge in [0.1, 0.15) is 0 Å². The molecule has 0 aromatic rings. The van der Waals surface area contributed by atoms with Crippen molar-refractivity contribution in [3.8, 4) is 0 Å². The number of hydrogen-bond donors (Lipinski definition) is 2. The van der Waals surface area contributed by atoms with Crippen LogP contribution in [0.5, 0.6) is 0 Å². The van der Waals surface area contributed by atoms with E-state index in [9.17, 15) is 8.42 Å². The van der Waals surface area contributed by atoms with Crippen LogP contribution in [0.4, 0.5) is 0 Å². The van der Waals surface area contributed by atoms with Gasteiger partial charge in [-0.3, -0.25) is 0 Å². The van der Waals surface area contributed by atoms with Crippen molar-refractivity contribution in [3.05, 3.63) is 0 Å². The molecular weight excluding hydrogens is 314 g/mol. The number of rotatable bonds is 8. The predicted octanol–water partition coefficient (Wildman–Crippen LogP) is 0.847. The summed E-state index contributed by atoms with van der Waals surface area (Å²) in [6, 6.07) is 0. The molecule has 1 fully saturated rings. The third-order valence-corrected chi connectivity index (χ3v) is 5.26. The summed E-state index contributed by atoms with van der Waals surface area (Å²) in [5, 5.41) is 3.30. The highest BCUT2D eigenvalue weighted by Gasteiger charge is 2.34. The van der Waals surface area contributed by atoms with Gasteiger partial charge < -0.3 is 10.1 Å². The Kier molecular flexibility index (Phi) is 9.31. The predicted molar refractivity (Wildman–Crippen MR) is 88.1 cm³/mol. The second-order valence-corrected chi connectivity index (χ2v) is 8.05. The summed E-state index contributed by atoms with van der Waals surface area (Å²) >= 11 is 0. The van der Waals surface area contributed by atoms with E-state index in [1.54, 1.807) is 14.2 Å². The Labute approximate surface area is 135 Å². The lowest BCUT2D eigenvalue weighted by Crippen LogP contribution is -2.50. The van der Waals surface area contributed by atoms with Gasteiger partial charge in [0, 0.05) is 32.7 Å². The van der Waals surface area contributed by atoms with Crippen LogP contribution in [0.25, 0.3) is 0 Å². The molecule has 0 aliphatic carbocycles. The Morgan fingerprint density at radius 3 is 2.38 bits per heavy atom. The molecular formula is C13H30ClN3O3S. The first-order valence-electron chi connectivity index (χ1n) is 7.22. The van der Waals surface area contributed by atoms with Gasteiger partial charge in [-0.1, -0.05) is 13.8 Å². The highest BCUT2D eigenvalue weighted by molar-refractivity contribution is 7.87. The lowest BCUT2D eigenvalue weighted by Gasteiger charge is -2.37. The molecule has 1 aliphatic heterocycles. The fourth-order valence-corrected chi connectivity index (χ4v) is 3.81. The summed E-state index contributed by atoms with van der Waals surface area (Å²) < 4.78 is 33.9. The molecule has 0 saturated carbocycles. The van der Waals surface area contributed by atoms with Gasteiger partial charge in [-0.15, -0.1) is 12.4 Å². The van der Waals surface area contributed by atoms with E-state index < -0.39 is 10.2 Å². The van der Waals surface area contributed by atoms with E-state index in [-0.39, 0.29) is 17.8 Å². The molecule has 0 unspecified atom stereocenters. The normalized spacial score (nSPS) is 18.8. The number of nitrogens with one attached hydrogen (secondary N) is 2. The molecule has 1 saturated heterocycles. The Balaban J connectivity index is 0.00000400. The van der Waals surface area contributed by atoms with Gasteiger partial charge in [0.05, 0.1) is 6.61 Å². The molecule has 1 heterocycles. The van der Waals surface area contributed by atoms with Gasteiger partial charge in [0.15, 0.2) is 0 Å². The van der Waals surface area contributed by atoms with E-state index in [2.05, 4.69) is 10.0 Å². The topological polar surface area (TPSA) is 70.7 Å². The van der Waals surface area contributed by atoms with E-state index in [4.69, 9.17) is 4.74 Å². The fraction of sp³-hybridized carbons (Fsp3) is 1.00. The van der Waals surface area contributed by atoms with Crippen molar-refractivity contribution in [2.24, 2.45) is 11.3 Å². The number of methoxy groups -OCH3 is 1. The van der Waals surface area contributed by atoms with Crippen molar-refractivity contribution in [3.63, 3.8) is 0 Å². The van der Waals surface area contributed by atoms with Crippen molar-refractivity contribution in [2.75, 3.05) is 46.9 Å². The van der Waals surface area contributed by atoms with Gasteiger partial charge in [0.2, 0.25) is 0 Å². The third kappa shape index (κ3) is 6.80. The smallest absolute Gasteiger partial charge is 0.279 e. The summed E-state index contributed by atoms with van der Waals surface area (Å²) in [5.41, 5.74) is -0.0915. The van der Waals surface area contributed by atoms with Crippen LogP contribution in [0, 0.1) is 11.3 Å². The van der Waals surface area contributed by atoms with Crippen molar-refractivity contribution in [1.29, 1.82) is 0 Å². The van der Waals surface area contributed by atoms with Gasteiger partial charge in [-0.2, -0.15) is 12.7 Å². The summed E-state index contributed by atoms with van der Waals surface area (Å²) in [6.45, 7) is 7.38. The molecule has 8 heteroatoms. The minimum atomic E-state index is -3.40. The maximum atomic E-state index is 12.2. The van der Waals surface area contributed by atoms with Gasteiger partial charge in [0.25, 0.3) is 10.2 Å². The van der Waals surface area contributed by atoms with E-state index in [1.165, 1.54) is 4.31 Å². The standard InChI is InChI=1S/C13H29N3O3S.ClH/c1-12(2)9-16(3)20(17,18)15-10-13(11-19-4)5-7-14-8-6-13;/h12,14-15H,5-11H2,1-4H3;1H. The highest BCUT2D eigenvalue weighted by atomic mass is 35.5. The van der Waals surface area contributed by atoms with Crippen molar-refractivity contribution in [1.82, 2.24) is 14.3 Å². The Morgan fingerprint density at radius 1 is 1.33 bits per heavy atom. The van der Waals surface area contributed by atoms with Gasteiger partial charge >= 0.3 is 0 Å². The van der Waals surface area contributed by atoms with E-state index in [0.29, 0.717) is 25.6 Å². The Bertz CT molecular complexity index is 379. The Hall–Kier alpha value is 0.0800. The fourth-order valence-electron chi connectivity index (χ4n) is 2.60. The average molecular weight is 344 g/mol. The summed E-state index contributed by atoms with van der Waals surface area (Å²) in [4.78, 5) is 0. The number of halogens is 1. The van der Waals surface area contributed by atoms with Gasteiger partial charge in [-0.25, -0.2) is 4.72 Å². The molecule has 0 bridgehead atoms. The van der Waals surface area contributed by atoms with Crippen molar-refractivity contribution in [2.45, 2.75) is 26.7 Å². The molecule has 1 rings (SSSR count). The Morgan fingerprint density at radius 2 is 1.90 bits per heavy atom.